The van der Waals surface area contributed by atoms with Crippen molar-refractivity contribution >= 4 is 47.3 Å². The minimum atomic E-state index is -1.10. The summed E-state index contributed by atoms with van der Waals surface area (Å²) in [5.41, 5.74) is 4.56. The first-order valence-corrected chi connectivity index (χ1v) is 23.0. The number of benzene rings is 4. The van der Waals surface area contributed by atoms with Gasteiger partial charge in [0.25, 0.3) is 0 Å². The lowest BCUT2D eigenvalue weighted by molar-refractivity contribution is -0.153. The molecular formula is C48H60N4O6S2. The Balaban J connectivity index is 1.45. The van der Waals surface area contributed by atoms with Crippen LogP contribution < -0.4 is 16.0 Å². The maximum absolute atomic E-state index is 14.8. The van der Waals surface area contributed by atoms with Crippen LogP contribution in [0.4, 0.5) is 0 Å². The molecule has 1 aliphatic rings. The predicted octanol–water partition coefficient (Wildman–Crippen LogP) is 6.90. The summed E-state index contributed by atoms with van der Waals surface area (Å²) in [5, 5.41) is 19.7. The lowest BCUT2D eigenvalue weighted by Crippen LogP contribution is -2.60. The van der Waals surface area contributed by atoms with Crippen molar-refractivity contribution in [3.05, 3.63) is 143 Å². The Morgan fingerprint density at radius 1 is 0.800 bits per heavy atom. The quantitative estimate of drug-likeness (QED) is 0.0549. The summed E-state index contributed by atoms with van der Waals surface area (Å²) in [6.07, 6.45) is 2.43. The second-order valence-corrected chi connectivity index (χ2v) is 18.7. The van der Waals surface area contributed by atoms with Gasteiger partial charge in [-0.15, -0.1) is 11.8 Å². The number of rotatable bonds is 20. The van der Waals surface area contributed by atoms with E-state index in [9.17, 15) is 24.3 Å². The molecule has 0 aromatic heterocycles. The molecule has 0 aliphatic carbocycles. The van der Waals surface area contributed by atoms with E-state index in [-0.39, 0.29) is 49.8 Å². The Morgan fingerprint density at radius 2 is 1.33 bits per heavy atom. The fourth-order valence-corrected chi connectivity index (χ4v) is 9.66. The highest BCUT2D eigenvalue weighted by Crippen LogP contribution is 2.48. The van der Waals surface area contributed by atoms with Gasteiger partial charge in [0, 0.05) is 31.3 Å². The molecular weight excluding hydrogens is 793 g/mol. The standard InChI is InChI=1S/C48H60N4O6S2/c1-33(2)43(45(55)52-31-35-19-17-16-18-34(35)28-41(52)44(54)51-40(46(56)57)26-27-59-6)50-29-39(49-30-42(53)58-47(3,4)5)32-60-48(36-20-10-7-11-21-36,37-22-12-8-13-23-37)38-24-14-9-15-25-38/h7-25,33,39-41,43,49-50H,26-32H2,1-6H3,(H,51,54)(H,56,57)/t39?,40-,41+,43-/m0/s1. The van der Waals surface area contributed by atoms with Gasteiger partial charge in [-0.3, -0.25) is 14.4 Å². The van der Waals surface area contributed by atoms with Crippen molar-refractivity contribution in [2.45, 2.75) is 88.5 Å². The molecule has 4 atom stereocenters. The summed E-state index contributed by atoms with van der Waals surface area (Å²) in [4.78, 5) is 55.7. The number of ether oxygens (including phenoxy) is 1. The van der Waals surface area contributed by atoms with Gasteiger partial charge < -0.3 is 30.7 Å². The molecule has 0 spiro atoms. The Bertz CT molecular complexity index is 1910. The van der Waals surface area contributed by atoms with Crippen molar-refractivity contribution in [3.8, 4) is 0 Å². The van der Waals surface area contributed by atoms with Gasteiger partial charge in [-0.25, -0.2) is 4.79 Å². The van der Waals surface area contributed by atoms with E-state index in [0.29, 0.717) is 18.1 Å². The normalized spacial score (nSPS) is 15.7. The molecule has 0 saturated heterocycles. The van der Waals surface area contributed by atoms with Crippen LogP contribution in [0.5, 0.6) is 0 Å². The molecule has 1 unspecified atom stereocenters. The van der Waals surface area contributed by atoms with Crippen LogP contribution in [-0.4, -0.2) is 94.4 Å². The van der Waals surface area contributed by atoms with Crippen LogP contribution in [0, 0.1) is 5.92 Å². The Hall–Kier alpha value is -4.62. The first-order valence-electron chi connectivity index (χ1n) is 20.6. The number of esters is 1. The molecule has 0 radical (unpaired) electrons. The number of aliphatic carboxylic acids is 1. The van der Waals surface area contributed by atoms with Crippen molar-refractivity contribution in [2.75, 3.05) is 30.9 Å². The van der Waals surface area contributed by atoms with Crippen molar-refractivity contribution in [2.24, 2.45) is 5.92 Å². The van der Waals surface area contributed by atoms with Crippen molar-refractivity contribution in [1.29, 1.82) is 0 Å². The number of carboxylic acids is 1. The van der Waals surface area contributed by atoms with E-state index in [1.807, 2.05) is 120 Å². The molecule has 4 aromatic carbocycles. The minimum absolute atomic E-state index is 0.0358. The first kappa shape index (κ1) is 46.4. The largest absolute Gasteiger partial charge is 0.480 e. The van der Waals surface area contributed by atoms with Crippen LogP contribution in [0.3, 0.4) is 0 Å². The van der Waals surface area contributed by atoms with Crippen molar-refractivity contribution in [1.82, 2.24) is 20.9 Å². The third kappa shape index (κ3) is 12.2. The summed E-state index contributed by atoms with van der Waals surface area (Å²) in [6.45, 7) is 9.94. The van der Waals surface area contributed by atoms with E-state index in [0.717, 1.165) is 27.8 Å². The van der Waals surface area contributed by atoms with Gasteiger partial charge in [-0.1, -0.05) is 129 Å². The molecule has 0 fully saturated rings. The fraction of sp³-hybridized carbons (Fsp3) is 0.417. The average molecular weight is 853 g/mol. The summed E-state index contributed by atoms with van der Waals surface area (Å²) in [7, 11) is 0. The predicted molar refractivity (Wildman–Crippen MR) is 243 cm³/mol. The maximum atomic E-state index is 14.8. The van der Waals surface area contributed by atoms with Gasteiger partial charge in [0.2, 0.25) is 11.8 Å². The van der Waals surface area contributed by atoms with Gasteiger partial charge in [0.15, 0.2) is 0 Å². The number of carbonyl (C=O) groups excluding carboxylic acids is 3. The molecule has 320 valence electrons. The molecule has 5 rings (SSSR count). The van der Waals surface area contributed by atoms with Crippen LogP contribution in [-0.2, 0) is 41.6 Å². The number of nitrogens with zero attached hydrogens (tertiary/aromatic N) is 1. The van der Waals surface area contributed by atoms with Crippen LogP contribution in [0.2, 0.25) is 0 Å². The average Bonchev–Trinajstić information content (AvgIpc) is 3.23. The Morgan fingerprint density at radius 3 is 1.83 bits per heavy atom. The molecule has 10 nitrogen and oxygen atoms in total. The molecule has 2 amide bonds. The van der Waals surface area contributed by atoms with Crippen LogP contribution in [0.25, 0.3) is 0 Å². The lowest BCUT2D eigenvalue weighted by Gasteiger charge is -2.40. The Kier molecular flexibility index (Phi) is 16.8. The molecule has 12 heteroatoms. The number of carboxylic acid groups (broad SMARTS) is 1. The van der Waals surface area contributed by atoms with E-state index in [4.69, 9.17) is 4.74 Å². The monoisotopic (exact) mass is 852 g/mol. The van der Waals surface area contributed by atoms with E-state index >= 15 is 0 Å². The zero-order valence-electron chi connectivity index (χ0n) is 35.6. The summed E-state index contributed by atoms with van der Waals surface area (Å²) in [6, 6.07) is 36.0. The third-order valence-corrected chi connectivity index (χ3v) is 12.9. The van der Waals surface area contributed by atoms with Crippen molar-refractivity contribution < 1.29 is 29.0 Å². The van der Waals surface area contributed by atoms with E-state index in [2.05, 4.69) is 52.3 Å². The number of nitrogens with one attached hydrogen (secondary N) is 3. The zero-order valence-corrected chi connectivity index (χ0v) is 37.2. The zero-order chi connectivity index (χ0) is 43.3. The molecule has 1 aliphatic heterocycles. The highest BCUT2D eigenvalue weighted by molar-refractivity contribution is 8.00. The molecule has 0 bridgehead atoms. The van der Waals surface area contributed by atoms with Crippen LogP contribution >= 0.6 is 23.5 Å². The number of thioether (sulfide) groups is 2. The van der Waals surface area contributed by atoms with Gasteiger partial charge in [-0.2, -0.15) is 11.8 Å². The number of fused-ring (bicyclic) bond motifs is 1. The van der Waals surface area contributed by atoms with Gasteiger partial charge in [0.1, 0.15) is 17.7 Å². The molecule has 0 saturated carbocycles. The van der Waals surface area contributed by atoms with Crippen LogP contribution in [0.15, 0.2) is 115 Å². The molecule has 4 N–H and O–H groups in total. The summed E-state index contributed by atoms with van der Waals surface area (Å²) >= 11 is 3.26. The first-order chi connectivity index (χ1) is 28.7. The fourth-order valence-electron chi connectivity index (χ4n) is 7.60. The third-order valence-electron chi connectivity index (χ3n) is 10.6. The topological polar surface area (TPSA) is 137 Å². The van der Waals surface area contributed by atoms with Crippen molar-refractivity contribution in [3.63, 3.8) is 0 Å². The number of hydrogen-bond donors (Lipinski definition) is 4. The van der Waals surface area contributed by atoms with Crippen LogP contribution in [0.1, 0.15) is 68.9 Å². The maximum Gasteiger partial charge on any atom is 0.326 e. The lowest BCUT2D eigenvalue weighted by atomic mass is 9.84. The van der Waals surface area contributed by atoms with E-state index in [1.165, 1.54) is 11.8 Å². The highest BCUT2D eigenvalue weighted by atomic mass is 32.2. The smallest absolute Gasteiger partial charge is 0.326 e. The highest BCUT2D eigenvalue weighted by Gasteiger charge is 2.41. The molecule has 60 heavy (non-hydrogen) atoms. The second-order valence-electron chi connectivity index (χ2n) is 16.5. The van der Waals surface area contributed by atoms with Gasteiger partial charge in [-0.05, 0) is 72.9 Å². The number of carbonyl (C=O) groups is 4. The van der Waals surface area contributed by atoms with Gasteiger partial charge >= 0.3 is 11.9 Å². The van der Waals surface area contributed by atoms with E-state index < -0.39 is 40.4 Å². The molecule has 1 heterocycles. The number of amides is 2. The van der Waals surface area contributed by atoms with Gasteiger partial charge in [0.05, 0.1) is 17.3 Å². The molecule has 4 aromatic rings. The second kappa shape index (κ2) is 21.8. The van der Waals surface area contributed by atoms with E-state index in [1.54, 1.807) is 16.7 Å². The number of hydrogen-bond acceptors (Lipinski definition) is 9. The SMILES string of the molecule is CSCC[C@H](NC(=O)[C@H]1Cc2ccccc2CN1C(=O)[C@@H](NCC(CSC(c1ccccc1)(c1ccccc1)c1ccccc1)NCC(=O)OC(C)(C)C)C(C)C)C(=O)O. The minimum Gasteiger partial charge on any atom is -0.480 e. The Labute approximate surface area is 364 Å². The summed E-state index contributed by atoms with van der Waals surface area (Å²) in [5.74, 6) is -1.30. The summed E-state index contributed by atoms with van der Waals surface area (Å²) < 4.78 is 5.07.